The first-order valence-corrected chi connectivity index (χ1v) is 7.68. The molecule has 0 radical (unpaired) electrons. The van der Waals surface area contributed by atoms with Crippen LogP contribution in [0, 0.1) is 5.21 Å². The Morgan fingerprint density at radius 3 is 1.35 bits per heavy atom. The maximum absolute atomic E-state index is 12.1. The summed E-state index contributed by atoms with van der Waals surface area (Å²) in [4.78, 5) is 0. The van der Waals surface area contributed by atoms with Gasteiger partial charge in [0.1, 0.15) is 0 Å². The topological polar surface area (TPSA) is 23.1 Å². The molecule has 0 saturated carbocycles. The number of rotatable bonds is 12. The van der Waals surface area contributed by atoms with Crippen LogP contribution >= 0.6 is 0 Å². The van der Waals surface area contributed by atoms with Crippen molar-refractivity contribution in [2.24, 2.45) is 0 Å². The predicted octanol–water partition coefficient (Wildman–Crippen LogP) is 4.87. The summed E-state index contributed by atoms with van der Waals surface area (Å²) in [5.41, 5.74) is 0. The normalized spacial score (nSPS) is 12.0. The lowest BCUT2D eigenvalue weighted by molar-refractivity contribution is -0.861. The molecular formula is C15H33NO. The number of hydroxylamine groups is 3. The van der Waals surface area contributed by atoms with Gasteiger partial charge in [-0.05, 0) is 25.7 Å². The third-order valence-corrected chi connectivity index (χ3v) is 3.47. The second-order valence-corrected chi connectivity index (χ2v) is 5.57. The second kappa shape index (κ2) is 11.0. The van der Waals surface area contributed by atoms with E-state index in [1.807, 2.05) is 7.05 Å². The number of hydrogen-bond acceptors (Lipinski definition) is 1. The minimum Gasteiger partial charge on any atom is -0.633 e. The third kappa shape index (κ3) is 12.2. The van der Waals surface area contributed by atoms with Crippen molar-refractivity contribution in [3.05, 3.63) is 5.21 Å². The molecule has 0 fully saturated rings. The monoisotopic (exact) mass is 243 g/mol. The van der Waals surface area contributed by atoms with Crippen LogP contribution in [0.15, 0.2) is 0 Å². The Labute approximate surface area is 109 Å². The molecule has 0 aromatic carbocycles. The largest absolute Gasteiger partial charge is 0.633 e. The van der Waals surface area contributed by atoms with Gasteiger partial charge in [-0.2, -0.15) is 0 Å². The zero-order chi connectivity index (χ0) is 13.0. The van der Waals surface area contributed by atoms with Crippen LogP contribution in [0.1, 0.15) is 78.1 Å². The van der Waals surface area contributed by atoms with Gasteiger partial charge in [-0.25, -0.2) is 0 Å². The Kier molecular flexibility index (Phi) is 11.0. The molecular weight excluding hydrogens is 210 g/mol. The molecule has 0 bridgehead atoms. The highest BCUT2D eigenvalue weighted by Crippen LogP contribution is 2.11. The highest BCUT2D eigenvalue weighted by molar-refractivity contribution is 4.47. The van der Waals surface area contributed by atoms with Crippen molar-refractivity contribution >= 4 is 0 Å². The molecule has 0 saturated heterocycles. The van der Waals surface area contributed by atoms with E-state index in [1.165, 1.54) is 51.4 Å². The summed E-state index contributed by atoms with van der Waals surface area (Å²) in [7, 11) is 1.85. The van der Waals surface area contributed by atoms with Gasteiger partial charge in [-0.3, -0.25) is 0 Å². The van der Waals surface area contributed by atoms with Gasteiger partial charge in [0.2, 0.25) is 0 Å². The van der Waals surface area contributed by atoms with Crippen LogP contribution in [0.5, 0.6) is 0 Å². The van der Waals surface area contributed by atoms with Gasteiger partial charge in [-0.1, -0.05) is 52.4 Å². The lowest BCUT2D eigenvalue weighted by Crippen LogP contribution is -2.39. The summed E-state index contributed by atoms with van der Waals surface area (Å²) in [6, 6.07) is 0. The molecule has 0 unspecified atom stereocenters. The Morgan fingerprint density at radius 1 is 0.647 bits per heavy atom. The Bertz CT molecular complexity index is 141. The van der Waals surface area contributed by atoms with Gasteiger partial charge in [-0.15, -0.1) is 0 Å². The summed E-state index contributed by atoms with van der Waals surface area (Å²) in [6.07, 6.45) is 12.5. The van der Waals surface area contributed by atoms with E-state index in [2.05, 4.69) is 13.8 Å². The molecule has 0 rings (SSSR count). The lowest BCUT2D eigenvalue weighted by atomic mass is 10.1. The van der Waals surface area contributed by atoms with Crippen molar-refractivity contribution in [1.82, 2.24) is 0 Å². The van der Waals surface area contributed by atoms with E-state index in [9.17, 15) is 5.21 Å². The fourth-order valence-electron chi connectivity index (χ4n) is 2.21. The molecule has 0 aliphatic carbocycles. The van der Waals surface area contributed by atoms with E-state index >= 15 is 0 Å². The molecule has 2 heteroatoms. The zero-order valence-electron chi connectivity index (χ0n) is 12.3. The van der Waals surface area contributed by atoms with Crippen LogP contribution in [-0.4, -0.2) is 24.8 Å². The highest BCUT2D eigenvalue weighted by Gasteiger charge is 2.08. The van der Waals surface area contributed by atoms with Gasteiger partial charge in [0, 0.05) is 0 Å². The minimum atomic E-state index is -0.0156. The molecule has 0 aromatic heterocycles. The molecule has 0 atom stereocenters. The summed E-state index contributed by atoms with van der Waals surface area (Å²) >= 11 is 0. The highest BCUT2D eigenvalue weighted by atomic mass is 16.5. The molecule has 0 amide bonds. The minimum absolute atomic E-state index is 0.0156. The van der Waals surface area contributed by atoms with Crippen molar-refractivity contribution in [3.63, 3.8) is 0 Å². The van der Waals surface area contributed by atoms with Crippen LogP contribution in [0.25, 0.3) is 0 Å². The van der Waals surface area contributed by atoms with Crippen LogP contribution < -0.4 is 0 Å². The number of quaternary nitrogens is 1. The van der Waals surface area contributed by atoms with Crippen molar-refractivity contribution in [2.75, 3.05) is 20.1 Å². The van der Waals surface area contributed by atoms with Gasteiger partial charge >= 0.3 is 0 Å². The maximum atomic E-state index is 12.1. The lowest BCUT2D eigenvalue weighted by Gasteiger charge is -2.39. The molecule has 0 aromatic rings. The molecule has 0 aliphatic heterocycles. The number of nitrogens with zero attached hydrogens (tertiary/aromatic N) is 1. The summed E-state index contributed by atoms with van der Waals surface area (Å²) in [5, 5.41) is 12.1. The Morgan fingerprint density at radius 2 is 1.00 bits per heavy atom. The average molecular weight is 243 g/mol. The van der Waals surface area contributed by atoms with Crippen LogP contribution in [-0.2, 0) is 0 Å². The molecule has 0 N–H and O–H groups in total. The van der Waals surface area contributed by atoms with Crippen molar-refractivity contribution < 1.29 is 4.65 Å². The van der Waals surface area contributed by atoms with Crippen molar-refractivity contribution in [3.8, 4) is 0 Å². The molecule has 0 aliphatic rings. The maximum Gasteiger partial charge on any atom is 0.0781 e. The van der Waals surface area contributed by atoms with Crippen molar-refractivity contribution in [1.29, 1.82) is 0 Å². The summed E-state index contributed by atoms with van der Waals surface area (Å²) < 4.78 is -0.0156. The van der Waals surface area contributed by atoms with Gasteiger partial charge in [0.15, 0.2) is 0 Å². The van der Waals surface area contributed by atoms with E-state index < -0.39 is 0 Å². The first kappa shape index (κ1) is 16.9. The van der Waals surface area contributed by atoms with Crippen LogP contribution in [0.2, 0.25) is 0 Å². The van der Waals surface area contributed by atoms with Crippen molar-refractivity contribution in [2.45, 2.75) is 78.1 Å². The van der Waals surface area contributed by atoms with E-state index in [1.54, 1.807) is 0 Å². The standard InChI is InChI=1S/C15H33NO/c1-4-6-8-10-12-14-16(3,17)15-13-11-9-7-5-2/h4-15H2,1-3H3. The first-order chi connectivity index (χ1) is 8.12. The molecule has 0 spiro atoms. The number of unbranched alkanes of at least 4 members (excludes halogenated alkanes) is 8. The second-order valence-electron chi connectivity index (χ2n) is 5.57. The fourth-order valence-corrected chi connectivity index (χ4v) is 2.21. The predicted molar refractivity (Wildman–Crippen MR) is 76.8 cm³/mol. The van der Waals surface area contributed by atoms with E-state index in [0.29, 0.717) is 0 Å². The van der Waals surface area contributed by atoms with Gasteiger partial charge < -0.3 is 9.85 Å². The third-order valence-electron chi connectivity index (χ3n) is 3.47. The molecule has 104 valence electrons. The molecule has 0 heterocycles. The van der Waals surface area contributed by atoms with Gasteiger partial charge in [0.25, 0.3) is 0 Å². The van der Waals surface area contributed by atoms with Crippen LogP contribution in [0.3, 0.4) is 0 Å². The fraction of sp³-hybridized carbons (Fsp3) is 1.00. The van der Waals surface area contributed by atoms with E-state index in [-0.39, 0.29) is 4.65 Å². The van der Waals surface area contributed by atoms with Crippen LogP contribution in [0.4, 0.5) is 0 Å². The Balaban J connectivity index is 3.38. The Hall–Kier alpha value is -0.0800. The molecule has 2 nitrogen and oxygen atoms in total. The summed E-state index contributed by atoms with van der Waals surface area (Å²) in [6.45, 7) is 6.09. The smallest absolute Gasteiger partial charge is 0.0781 e. The van der Waals surface area contributed by atoms with Gasteiger partial charge in [0.05, 0.1) is 20.1 Å². The van der Waals surface area contributed by atoms with E-state index in [4.69, 9.17) is 0 Å². The average Bonchev–Trinajstić information content (AvgIpc) is 2.28. The number of hydrogen-bond donors (Lipinski definition) is 0. The SMILES string of the molecule is CCCCCCC[N+](C)([O-])CCCCCCC. The first-order valence-electron chi connectivity index (χ1n) is 7.68. The van der Waals surface area contributed by atoms with E-state index in [0.717, 1.165) is 25.9 Å². The zero-order valence-corrected chi connectivity index (χ0v) is 12.3. The molecule has 17 heavy (non-hydrogen) atoms. The quantitative estimate of drug-likeness (QED) is 0.272. The summed E-state index contributed by atoms with van der Waals surface area (Å²) in [5.74, 6) is 0.